The summed E-state index contributed by atoms with van der Waals surface area (Å²) in [5, 5.41) is 8.56. The Labute approximate surface area is 202 Å². The highest BCUT2D eigenvalue weighted by Gasteiger charge is 2.33. The number of nitrogens with one attached hydrogen (secondary N) is 2. The SMILES string of the molecule is [C-]#[N+][C@H]1CCCC[C@@H]1n1nc(Nc2cccc(CCC(=O)c3ncccn3)c2)c2c(=O)[nH]ccc21. The molecular formula is C26H25N7O2. The number of carbonyl (C=O) groups excluding carboxylic acids is 1. The number of Topliss-reactive ketones (excluding diaryl/α,β-unsaturated/α-hetero) is 1. The van der Waals surface area contributed by atoms with Gasteiger partial charge in [0, 0.05) is 37.1 Å². The summed E-state index contributed by atoms with van der Waals surface area (Å²) in [7, 11) is 0. The van der Waals surface area contributed by atoms with Crippen LogP contribution in [0.3, 0.4) is 0 Å². The Morgan fingerprint density at radius 3 is 2.83 bits per heavy atom. The van der Waals surface area contributed by atoms with Crippen LogP contribution in [0.5, 0.6) is 0 Å². The first-order valence-electron chi connectivity index (χ1n) is 11.8. The fourth-order valence-corrected chi connectivity index (χ4v) is 4.72. The number of aromatic nitrogens is 5. The van der Waals surface area contributed by atoms with Crippen LogP contribution >= 0.6 is 0 Å². The minimum Gasteiger partial charge on any atom is -0.338 e. The number of nitrogens with zero attached hydrogens (tertiary/aromatic N) is 5. The molecule has 0 spiro atoms. The van der Waals surface area contributed by atoms with Gasteiger partial charge < -0.3 is 15.1 Å². The summed E-state index contributed by atoms with van der Waals surface area (Å²) in [4.78, 5) is 39.8. The summed E-state index contributed by atoms with van der Waals surface area (Å²) in [5.41, 5.74) is 2.24. The van der Waals surface area contributed by atoms with Crippen LogP contribution < -0.4 is 10.9 Å². The monoisotopic (exact) mass is 467 g/mol. The third-order valence-electron chi connectivity index (χ3n) is 6.45. The van der Waals surface area contributed by atoms with Gasteiger partial charge in [-0.05, 0) is 49.1 Å². The van der Waals surface area contributed by atoms with Crippen LogP contribution in [0.4, 0.5) is 11.5 Å². The summed E-state index contributed by atoms with van der Waals surface area (Å²) in [6.07, 6.45) is 9.37. The largest absolute Gasteiger partial charge is 0.338 e. The van der Waals surface area contributed by atoms with Crippen LogP contribution in [-0.4, -0.2) is 36.6 Å². The zero-order valence-electron chi connectivity index (χ0n) is 19.1. The van der Waals surface area contributed by atoms with E-state index in [1.807, 2.05) is 35.0 Å². The van der Waals surface area contributed by atoms with Crippen LogP contribution in [0.2, 0.25) is 0 Å². The molecule has 4 aromatic rings. The van der Waals surface area contributed by atoms with E-state index in [0.29, 0.717) is 24.0 Å². The molecule has 1 fully saturated rings. The molecule has 3 heterocycles. The average molecular weight is 468 g/mol. The summed E-state index contributed by atoms with van der Waals surface area (Å²) in [5.74, 6) is 0.572. The van der Waals surface area contributed by atoms with Crippen molar-refractivity contribution in [2.75, 3.05) is 5.32 Å². The predicted molar refractivity (Wildman–Crippen MR) is 133 cm³/mol. The lowest BCUT2D eigenvalue weighted by atomic mass is 9.91. The van der Waals surface area contributed by atoms with E-state index < -0.39 is 0 Å². The van der Waals surface area contributed by atoms with Gasteiger partial charge in [-0.2, -0.15) is 5.10 Å². The molecule has 0 radical (unpaired) electrons. The molecular weight excluding hydrogens is 442 g/mol. The number of rotatable bonds is 7. The highest BCUT2D eigenvalue weighted by molar-refractivity contribution is 5.92. The molecule has 1 aliphatic rings. The number of benzene rings is 1. The molecule has 1 saturated carbocycles. The van der Waals surface area contributed by atoms with Crippen LogP contribution in [0.25, 0.3) is 15.7 Å². The van der Waals surface area contributed by atoms with Crippen molar-refractivity contribution in [1.29, 1.82) is 0 Å². The Morgan fingerprint density at radius 2 is 2.00 bits per heavy atom. The van der Waals surface area contributed by atoms with Gasteiger partial charge in [0.25, 0.3) is 5.56 Å². The minimum atomic E-state index is -0.226. The lowest BCUT2D eigenvalue weighted by Crippen LogP contribution is -2.26. The second kappa shape index (κ2) is 9.89. The Morgan fingerprint density at radius 1 is 1.17 bits per heavy atom. The zero-order valence-corrected chi connectivity index (χ0v) is 19.1. The van der Waals surface area contributed by atoms with Gasteiger partial charge in [0.1, 0.15) is 11.4 Å². The summed E-state index contributed by atoms with van der Waals surface area (Å²) >= 11 is 0. The molecule has 35 heavy (non-hydrogen) atoms. The number of aromatic amines is 1. The van der Waals surface area contributed by atoms with Crippen molar-refractivity contribution in [1.82, 2.24) is 24.7 Å². The molecule has 2 atom stereocenters. The average Bonchev–Trinajstić information content (AvgIpc) is 3.27. The number of H-pyrrole nitrogens is 1. The number of aryl methyl sites for hydroxylation is 1. The van der Waals surface area contributed by atoms with Gasteiger partial charge in [-0.15, -0.1) is 0 Å². The smallest absolute Gasteiger partial charge is 0.261 e. The Bertz CT molecular complexity index is 1450. The van der Waals surface area contributed by atoms with Gasteiger partial charge in [0.2, 0.25) is 6.04 Å². The van der Waals surface area contributed by atoms with Crippen molar-refractivity contribution in [2.45, 2.75) is 50.6 Å². The van der Waals surface area contributed by atoms with Gasteiger partial charge in [0.05, 0.1) is 5.52 Å². The molecule has 1 aliphatic carbocycles. The molecule has 0 bridgehead atoms. The van der Waals surface area contributed by atoms with Gasteiger partial charge in [0.15, 0.2) is 17.4 Å². The Hall–Kier alpha value is -4.32. The van der Waals surface area contributed by atoms with Crippen LogP contribution in [0.1, 0.15) is 54.3 Å². The fourth-order valence-electron chi connectivity index (χ4n) is 4.72. The van der Waals surface area contributed by atoms with E-state index in [2.05, 4.69) is 25.1 Å². The normalized spacial score (nSPS) is 17.7. The van der Waals surface area contributed by atoms with E-state index in [1.165, 1.54) is 0 Å². The molecule has 0 amide bonds. The molecule has 9 heteroatoms. The molecule has 5 rings (SSSR count). The maximum atomic E-state index is 12.8. The first-order valence-corrected chi connectivity index (χ1v) is 11.8. The first kappa shape index (κ1) is 22.5. The molecule has 176 valence electrons. The Kier molecular flexibility index (Phi) is 6.35. The number of hydrogen-bond acceptors (Lipinski definition) is 6. The molecule has 9 nitrogen and oxygen atoms in total. The maximum Gasteiger partial charge on any atom is 0.261 e. The van der Waals surface area contributed by atoms with E-state index in [0.717, 1.165) is 42.5 Å². The fraction of sp³-hybridized carbons (Fsp3) is 0.308. The second-order valence-corrected chi connectivity index (χ2v) is 8.73. The van der Waals surface area contributed by atoms with Crippen LogP contribution in [-0.2, 0) is 6.42 Å². The van der Waals surface area contributed by atoms with Crippen molar-refractivity contribution in [3.63, 3.8) is 0 Å². The quantitative estimate of drug-likeness (QED) is 0.306. The molecule has 1 aromatic carbocycles. The summed E-state index contributed by atoms with van der Waals surface area (Å²) in [6.45, 7) is 7.63. The number of hydrogen-bond donors (Lipinski definition) is 2. The van der Waals surface area contributed by atoms with E-state index in [1.54, 1.807) is 24.7 Å². The third-order valence-corrected chi connectivity index (χ3v) is 6.45. The highest BCUT2D eigenvalue weighted by atomic mass is 16.1. The topological polar surface area (TPSA) is 110 Å². The second-order valence-electron chi connectivity index (χ2n) is 8.73. The number of anilines is 2. The number of fused-ring (bicyclic) bond motifs is 1. The number of pyridine rings is 1. The van der Waals surface area contributed by atoms with Crippen molar-refractivity contribution >= 4 is 28.2 Å². The van der Waals surface area contributed by atoms with Gasteiger partial charge in [-0.1, -0.05) is 18.6 Å². The number of ketones is 1. The van der Waals surface area contributed by atoms with Crippen molar-refractivity contribution in [3.8, 4) is 0 Å². The van der Waals surface area contributed by atoms with Gasteiger partial charge in [-0.25, -0.2) is 16.5 Å². The van der Waals surface area contributed by atoms with E-state index in [9.17, 15) is 9.59 Å². The van der Waals surface area contributed by atoms with Gasteiger partial charge in [-0.3, -0.25) is 14.3 Å². The van der Waals surface area contributed by atoms with Crippen molar-refractivity contribution in [2.24, 2.45) is 0 Å². The van der Waals surface area contributed by atoms with E-state index >= 15 is 0 Å². The number of carbonyl (C=O) groups is 1. The third kappa shape index (κ3) is 4.68. The molecule has 2 N–H and O–H groups in total. The maximum absolute atomic E-state index is 12.8. The lowest BCUT2D eigenvalue weighted by Gasteiger charge is -2.24. The van der Waals surface area contributed by atoms with Gasteiger partial charge >= 0.3 is 0 Å². The molecule has 0 unspecified atom stereocenters. The molecule has 0 saturated heterocycles. The Balaban J connectivity index is 1.40. The van der Waals surface area contributed by atoms with E-state index in [4.69, 9.17) is 11.7 Å². The minimum absolute atomic E-state index is 0.0568. The van der Waals surface area contributed by atoms with Crippen LogP contribution in [0.15, 0.2) is 59.8 Å². The standard InChI is InChI=1S/C26H25N7O2/c1-27-19-8-2-3-9-20(19)33-21-12-15-30-26(35)23(21)25(32-33)31-18-7-4-6-17(16-18)10-11-22(34)24-28-13-5-14-29-24/h4-7,12-16,19-20H,2-3,8-11H2,(H,30,35)(H,31,32)/t19-,20-/m0/s1. The highest BCUT2D eigenvalue weighted by Crippen LogP contribution is 2.34. The predicted octanol–water partition coefficient (Wildman–Crippen LogP) is 4.48. The zero-order chi connectivity index (χ0) is 24.2. The summed E-state index contributed by atoms with van der Waals surface area (Å²) < 4.78 is 1.86. The molecule has 3 aromatic heterocycles. The van der Waals surface area contributed by atoms with Crippen molar-refractivity contribution in [3.05, 3.63) is 88.1 Å². The first-order chi connectivity index (χ1) is 17.1. The van der Waals surface area contributed by atoms with Crippen molar-refractivity contribution < 1.29 is 4.79 Å². The lowest BCUT2D eigenvalue weighted by molar-refractivity contribution is 0.0972. The molecule has 0 aliphatic heterocycles. The van der Waals surface area contributed by atoms with Crippen LogP contribution in [0, 0.1) is 6.57 Å². The van der Waals surface area contributed by atoms with E-state index in [-0.39, 0.29) is 29.3 Å². The summed E-state index contributed by atoms with van der Waals surface area (Å²) in [6, 6.07) is 11.0.